The number of fused-ring (bicyclic) bond motifs is 1. The SMILES string of the molecule is CCN(C(=O)OC(C)(C)C)c1cc(F)cc2c1NC(=O)C2(C)N1CCC[C@@H](Nc2ccc(S(=O)(=O)F)cn2)C1. The van der Waals surface area contributed by atoms with E-state index in [0.29, 0.717) is 36.6 Å². The summed E-state index contributed by atoms with van der Waals surface area (Å²) >= 11 is 0. The lowest BCUT2D eigenvalue weighted by molar-refractivity contribution is -0.127. The van der Waals surface area contributed by atoms with Crippen molar-refractivity contribution in [3.05, 3.63) is 41.8 Å². The second-order valence-electron chi connectivity index (χ2n) is 10.8. The van der Waals surface area contributed by atoms with E-state index in [1.54, 1.807) is 34.6 Å². The lowest BCUT2D eigenvalue weighted by atomic mass is 9.88. The van der Waals surface area contributed by atoms with Crippen molar-refractivity contribution in [1.29, 1.82) is 0 Å². The summed E-state index contributed by atoms with van der Waals surface area (Å²) in [6, 6.07) is 4.86. The van der Waals surface area contributed by atoms with Crippen LogP contribution in [0.2, 0.25) is 0 Å². The first-order chi connectivity index (χ1) is 18.1. The van der Waals surface area contributed by atoms with Gasteiger partial charge in [-0.2, -0.15) is 8.42 Å². The number of amides is 2. The number of carbonyl (C=O) groups is 2. The minimum atomic E-state index is -4.85. The number of rotatable bonds is 6. The van der Waals surface area contributed by atoms with Crippen LogP contribution in [0.15, 0.2) is 35.4 Å². The van der Waals surface area contributed by atoms with Crippen LogP contribution in [0.3, 0.4) is 0 Å². The molecule has 1 saturated heterocycles. The van der Waals surface area contributed by atoms with E-state index in [1.807, 2.05) is 4.90 Å². The molecule has 1 fully saturated rings. The molecule has 2 aromatic rings. The number of piperidine rings is 1. The number of aromatic nitrogens is 1. The van der Waals surface area contributed by atoms with Crippen molar-refractivity contribution in [2.24, 2.45) is 0 Å². The van der Waals surface area contributed by atoms with Crippen LogP contribution in [0.5, 0.6) is 0 Å². The summed E-state index contributed by atoms with van der Waals surface area (Å²) in [5.41, 5.74) is -0.988. The van der Waals surface area contributed by atoms with Gasteiger partial charge in [-0.1, -0.05) is 0 Å². The number of ether oxygens (including phenoxy) is 1. The fourth-order valence-electron chi connectivity index (χ4n) is 5.03. The van der Waals surface area contributed by atoms with Gasteiger partial charge in [0.2, 0.25) is 5.91 Å². The molecule has 0 radical (unpaired) electrons. The highest BCUT2D eigenvalue weighted by atomic mass is 32.3. The van der Waals surface area contributed by atoms with Crippen molar-refractivity contribution in [3.63, 3.8) is 0 Å². The van der Waals surface area contributed by atoms with Crippen LogP contribution >= 0.6 is 0 Å². The largest absolute Gasteiger partial charge is 0.443 e. The van der Waals surface area contributed by atoms with E-state index >= 15 is 4.39 Å². The number of halogens is 2. The van der Waals surface area contributed by atoms with E-state index in [4.69, 9.17) is 4.74 Å². The van der Waals surface area contributed by atoms with Gasteiger partial charge in [0.15, 0.2) is 0 Å². The van der Waals surface area contributed by atoms with E-state index in [0.717, 1.165) is 18.7 Å². The van der Waals surface area contributed by atoms with Gasteiger partial charge in [0.1, 0.15) is 27.7 Å². The number of pyridine rings is 1. The van der Waals surface area contributed by atoms with E-state index in [-0.39, 0.29) is 24.2 Å². The molecule has 1 unspecified atom stereocenters. The topological polar surface area (TPSA) is 121 Å². The second kappa shape index (κ2) is 10.3. The summed E-state index contributed by atoms with van der Waals surface area (Å²) in [6.45, 7) is 9.82. The third kappa shape index (κ3) is 5.83. The summed E-state index contributed by atoms with van der Waals surface area (Å²) in [6.07, 6.45) is 1.74. The van der Waals surface area contributed by atoms with Crippen LogP contribution in [-0.4, -0.2) is 61.6 Å². The molecule has 10 nitrogen and oxygen atoms in total. The Hall–Kier alpha value is -3.32. The molecule has 2 atom stereocenters. The zero-order chi connectivity index (χ0) is 28.8. The molecule has 0 aliphatic carbocycles. The average molecular weight is 566 g/mol. The fraction of sp³-hybridized carbons (Fsp3) is 0.500. The Bertz CT molecular complexity index is 1380. The van der Waals surface area contributed by atoms with Crippen molar-refractivity contribution >= 4 is 39.4 Å². The molecule has 0 bridgehead atoms. The Labute approximate surface area is 226 Å². The molecule has 39 heavy (non-hydrogen) atoms. The molecule has 0 spiro atoms. The number of anilines is 3. The lowest BCUT2D eigenvalue weighted by Gasteiger charge is -2.42. The van der Waals surface area contributed by atoms with E-state index < -0.39 is 38.2 Å². The summed E-state index contributed by atoms with van der Waals surface area (Å²) in [5.74, 6) is -0.576. The van der Waals surface area contributed by atoms with Crippen LogP contribution in [0, 0.1) is 5.82 Å². The number of nitrogens with zero attached hydrogens (tertiary/aromatic N) is 3. The smallest absolute Gasteiger partial charge is 0.414 e. The number of hydrogen-bond donors (Lipinski definition) is 2. The minimum Gasteiger partial charge on any atom is -0.443 e. The highest BCUT2D eigenvalue weighted by Gasteiger charge is 2.50. The Morgan fingerprint density at radius 1 is 1.33 bits per heavy atom. The van der Waals surface area contributed by atoms with Crippen LogP contribution in [-0.2, 0) is 25.3 Å². The third-order valence-electron chi connectivity index (χ3n) is 6.93. The van der Waals surface area contributed by atoms with Crippen LogP contribution in [0.25, 0.3) is 0 Å². The Morgan fingerprint density at radius 3 is 2.64 bits per heavy atom. The van der Waals surface area contributed by atoms with Gasteiger partial charge in [-0.15, -0.1) is 3.89 Å². The number of nitrogens with one attached hydrogen (secondary N) is 2. The molecule has 1 aromatic carbocycles. The Balaban J connectivity index is 1.62. The maximum Gasteiger partial charge on any atom is 0.414 e. The van der Waals surface area contributed by atoms with Gasteiger partial charge in [0, 0.05) is 24.7 Å². The highest BCUT2D eigenvalue weighted by Crippen LogP contribution is 2.46. The first-order valence-corrected chi connectivity index (χ1v) is 14.1. The van der Waals surface area contributed by atoms with Crippen molar-refractivity contribution in [2.45, 2.75) is 69.5 Å². The van der Waals surface area contributed by atoms with Gasteiger partial charge >= 0.3 is 16.3 Å². The Kier molecular flexibility index (Phi) is 7.60. The molecular formula is C26H33F2N5O5S. The average Bonchev–Trinajstić information content (AvgIpc) is 3.09. The normalized spacial score (nSPS) is 21.7. The van der Waals surface area contributed by atoms with Crippen LogP contribution in [0.1, 0.15) is 53.0 Å². The molecule has 4 rings (SSSR count). The maximum atomic E-state index is 15.0. The van der Waals surface area contributed by atoms with Crippen LogP contribution in [0.4, 0.5) is 30.3 Å². The van der Waals surface area contributed by atoms with Gasteiger partial charge in [-0.3, -0.25) is 14.6 Å². The Morgan fingerprint density at radius 2 is 2.05 bits per heavy atom. The van der Waals surface area contributed by atoms with Crippen molar-refractivity contribution in [2.75, 3.05) is 35.2 Å². The quantitative estimate of drug-likeness (QED) is 0.495. The molecule has 2 aliphatic heterocycles. The predicted octanol–water partition coefficient (Wildman–Crippen LogP) is 4.38. The first kappa shape index (κ1) is 28.7. The number of hydrogen-bond acceptors (Lipinski definition) is 8. The van der Waals surface area contributed by atoms with Gasteiger partial charge in [0.05, 0.1) is 17.6 Å². The second-order valence-corrected chi connectivity index (χ2v) is 12.2. The zero-order valence-corrected chi connectivity index (χ0v) is 23.4. The number of carbonyl (C=O) groups excluding carboxylic acids is 2. The number of benzene rings is 1. The van der Waals surface area contributed by atoms with E-state index in [1.165, 1.54) is 23.1 Å². The molecule has 2 N–H and O–H groups in total. The molecule has 0 saturated carbocycles. The summed E-state index contributed by atoms with van der Waals surface area (Å²) in [4.78, 5) is 33.1. The van der Waals surface area contributed by atoms with Crippen molar-refractivity contribution in [1.82, 2.24) is 9.88 Å². The maximum absolute atomic E-state index is 15.0. The van der Waals surface area contributed by atoms with Gasteiger partial charge < -0.3 is 15.4 Å². The summed E-state index contributed by atoms with van der Waals surface area (Å²) in [5, 5.41) is 6.09. The highest BCUT2D eigenvalue weighted by molar-refractivity contribution is 7.86. The predicted molar refractivity (Wildman–Crippen MR) is 142 cm³/mol. The minimum absolute atomic E-state index is 0.172. The monoisotopic (exact) mass is 565 g/mol. The molecule has 2 aliphatic rings. The third-order valence-corrected chi connectivity index (χ3v) is 7.74. The molecular weight excluding hydrogens is 532 g/mol. The summed E-state index contributed by atoms with van der Waals surface area (Å²) < 4.78 is 55.9. The zero-order valence-electron chi connectivity index (χ0n) is 22.5. The van der Waals surface area contributed by atoms with Crippen molar-refractivity contribution in [3.8, 4) is 0 Å². The molecule has 1 aromatic heterocycles. The summed E-state index contributed by atoms with van der Waals surface area (Å²) in [7, 11) is -4.85. The lowest BCUT2D eigenvalue weighted by Crippen LogP contribution is -2.55. The standard InChI is InChI=1S/C26H33F2N5O5S/c1-6-33(24(35)38-25(2,3)4)20-13-16(27)12-19-22(20)31-23(34)26(19,5)32-11-7-8-17(15-32)30-21-10-9-18(14-29-21)39(28,36)37/h9-10,12-14,17H,6-8,11,15H2,1-5H3,(H,29,30)(H,31,34)/t17-,26?/m1/s1. The van der Waals surface area contributed by atoms with E-state index in [2.05, 4.69) is 15.6 Å². The molecule has 212 valence electrons. The van der Waals surface area contributed by atoms with Gasteiger partial charge in [-0.05, 0) is 78.3 Å². The fourth-order valence-corrected chi connectivity index (χ4v) is 5.44. The number of likely N-dealkylation sites (tertiary alicyclic amines) is 1. The van der Waals surface area contributed by atoms with E-state index in [9.17, 15) is 21.9 Å². The van der Waals surface area contributed by atoms with Crippen molar-refractivity contribution < 1.29 is 31.0 Å². The van der Waals surface area contributed by atoms with Gasteiger partial charge in [0.25, 0.3) is 0 Å². The molecule has 2 amide bonds. The van der Waals surface area contributed by atoms with Gasteiger partial charge in [-0.25, -0.2) is 14.2 Å². The van der Waals surface area contributed by atoms with Crippen LogP contribution < -0.4 is 15.5 Å². The molecule has 13 heteroatoms. The first-order valence-electron chi connectivity index (χ1n) is 12.7. The molecule has 3 heterocycles.